The van der Waals surface area contributed by atoms with Crippen LogP contribution in [0.2, 0.25) is 0 Å². The number of anilines is 1. The van der Waals surface area contributed by atoms with Crippen molar-refractivity contribution < 1.29 is 4.79 Å². The average Bonchev–Trinajstić information content (AvgIpc) is 2.76. The first-order valence-corrected chi connectivity index (χ1v) is 4.99. The van der Waals surface area contributed by atoms with Crippen molar-refractivity contribution in [1.82, 2.24) is 30.6 Å². The molecule has 3 N–H and O–H groups in total. The van der Waals surface area contributed by atoms with E-state index in [0.717, 1.165) is 10.4 Å². The fraction of sp³-hybridized carbons (Fsp3) is 0.111. The second-order valence-corrected chi connectivity index (χ2v) is 3.26. The summed E-state index contributed by atoms with van der Waals surface area (Å²) in [5.74, 6) is -0.366. The van der Waals surface area contributed by atoms with Crippen molar-refractivity contribution in [3.8, 4) is 0 Å². The molecule has 0 aromatic carbocycles. The molecular weight excluding hydrogens is 236 g/mol. The SMILES string of the molecule is Nc1nnn(CC(=O)N/N=C\c2cccnc2)n1. The summed E-state index contributed by atoms with van der Waals surface area (Å²) < 4.78 is 0. The number of nitrogens with zero attached hydrogens (tertiary/aromatic N) is 6. The van der Waals surface area contributed by atoms with Crippen LogP contribution < -0.4 is 11.2 Å². The molecule has 0 bridgehead atoms. The highest BCUT2D eigenvalue weighted by atomic mass is 16.2. The summed E-state index contributed by atoms with van der Waals surface area (Å²) in [7, 11) is 0. The molecule has 0 aliphatic heterocycles. The molecule has 18 heavy (non-hydrogen) atoms. The third kappa shape index (κ3) is 3.33. The van der Waals surface area contributed by atoms with E-state index >= 15 is 0 Å². The van der Waals surface area contributed by atoms with Crippen molar-refractivity contribution in [2.45, 2.75) is 6.54 Å². The van der Waals surface area contributed by atoms with Crippen molar-refractivity contribution in [2.75, 3.05) is 5.73 Å². The maximum Gasteiger partial charge on any atom is 0.263 e. The van der Waals surface area contributed by atoms with E-state index < -0.39 is 0 Å². The van der Waals surface area contributed by atoms with Gasteiger partial charge in [0.1, 0.15) is 6.54 Å². The van der Waals surface area contributed by atoms with Gasteiger partial charge in [-0.2, -0.15) is 9.90 Å². The number of hydrogen-bond acceptors (Lipinski definition) is 7. The Kier molecular flexibility index (Phi) is 3.54. The van der Waals surface area contributed by atoms with Crippen LogP contribution in [0.25, 0.3) is 0 Å². The molecule has 2 rings (SSSR count). The van der Waals surface area contributed by atoms with Crippen LogP contribution in [0.5, 0.6) is 0 Å². The van der Waals surface area contributed by atoms with Gasteiger partial charge in [-0.1, -0.05) is 11.2 Å². The number of carbonyl (C=O) groups is 1. The lowest BCUT2D eigenvalue weighted by atomic mass is 10.3. The number of hydrogen-bond donors (Lipinski definition) is 2. The van der Waals surface area contributed by atoms with Crippen LogP contribution in [0.15, 0.2) is 29.6 Å². The van der Waals surface area contributed by atoms with Crippen molar-refractivity contribution in [1.29, 1.82) is 0 Å². The minimum atomic E-state index is -0.382. The molecule has 2 aromatic heterocycles. The molecule has 0 spiro atoms. The predicted octanol–water partition coefficient (Wildman–Crippen LogP) is -1.20. The van der Waals surface area contributed by atoms with Gasteiger partial charge < -0.3 is 5.73 Å². The molecule has 9 heteroatoms. The fourth-order valence-electron chi connectivity index (χ4n) is 1.12. The molecular formula is C9H10N8O. The first-order chi connectivity index (χ1) is 8.74. The zero-order valence-electron chi connectivity index (χ0n) is 9.26. The summed E-state index contributed by atoms with van der Waals surface area (Å²) in [6.45, 7) is -0.103. The van der Waals surface area contributed by atoms with Gasteiger partial charge in [0.2, 0.25) is 0 Å². The van der Waals surface area contributed by atoms with E-state index in [-0.39, 0.29) is 18.4 Å². The summed E-state index contributed by atoms with van der Waals surface area (Å²) in [6, 6.07) is 3.58. The Morgan fingerprint density at radius 3 is 3.17 bits per heavy atom. The van der Waals surface area contributed by atoms with Gasteiger partial charge in [-0.3, -0.25) is 9.78 Å². The predicted molar refractivity (Wildman–Crippen MR) is 62.2 cm³/mol. The van der Waals surface area contributed by atoms with Gasteiger partial charge in [-0.15, -0.1) is 5.10 Å². The molecule has 0 saturated carbocycles. The number of nitrogens with two attached hydrogens (primary N) is 1. The van der Waals surface area contributed by atoms with Crippen LogP contribution in [0.4, 0.5) is 5.95 Å². The standard InChI is InChI=1S/C9H10N8O/c10-9-14-16-17(15-9)6-8(18)13-12-5-7-2-1-3-11-4-7/h1-5H,6H2,(H2,10,15)(H,13,18)/b12-5-. The molecule has 1 amide bonds. The Morgan fingerprint density at radius 2 is 2.50 bits per heavy atom. The molecule has 0 unspecified atom stereocenters. The van der Waals surface area contributed by atoms with Gasteiger partial charge in [-0.25, -0.2) is 5.43 Å². The quantitative estimate of drug-likeness (QED) is 0.515. The topological polar surface area (TPSA) is 124 Å². The van der Waals surface area contributed by atoms with E-state index in [4.69, 9.17) is 5.73 Å². The first kappa shape index (κ1) is 11.6. The third-order valence-electron chi connectivity index (χ3n) is 1.84. The number of carbonyl (C=O) groups excluding carboxylic acids is 1. The number of amides is 1. The molecule has 0 saturated heterocycles. The minimum Gasteiger partial charge on any atom is -0.365 e. The Labute approximate surface area is 102 Å². The number of aromatic nitrogens is 5. The van der Waals surface area contributed by atoms with Gasteiger partial charge >= 0.3 is 0 Å². The second kappa shape index (κ2) is 5.48. The molecule has 0 atom stereocenters. The van der Waals surface area contributed by atoms with E-state index in [9.17, 15) is 4.79 Å². The van der Waals surface area contributed by atoms with Crippen LogP contribution in [0.3, 0.4) is 0 Å². The van der Waals surface area contributed by atoms with Gasteiger partial charge in [0.05, 0.1) is 6.21 Å². The lowest BCUT2D eigenvalue weighted by molar-refractivity contribution is -0.122. The van der Waals surface area contributed by atoms with Crippen molar-refractivity contribution in [3.05, 3.63) is 30.1 Å². The van der Waals surface area contributed by atoms with Crippen LogP contribution >= 0.6 is 0 Å². The van der Waals surface area contributed by atoms with Gasteiger partial charge in [0.15, 0.2) is 0 Å². The largest absolute Gasteiger partial charge is 0.365 e. The molecule has 0 aliphatic rings. The van der Waals surface area contributed by atoms with E-state index in [0.29, 0.717) is 0 Å². The Hall–Kier alpha value is -2.84. The van der Waals surface area contributed by atoms with Crippen molar-refractivity contribution in [2.24, 2.45) is 5.10 Å². The number of hydrazone groups is 1. The monoisotopic (exact) mass is 246 g/mol. The molecule has 2 aromatic rings. The highest BCUT2D eigenvalue weighted by molar-refractivity contribution is 5.81. The van der Waals surface area contributed by atoms with E-state index in [1.165, 1.54) is 6.21 Å². The number of nitrogens with one attached hydrogen (secondary N) is 1. The summed E-state index contributed by atoms with van der Waals surface area (Å²) >= 11 is 0. The number of nitrogen functional groups attached to an aromatic ring is 1. The number of rotatable bonds is 4. The summed E-state index contributed by atoms with van der Waals surface area (Å²) in [5, 5.41) is 14.4. The third-order valence-corrected chi connectivity index (χ3v) is 1.84. The minimum absolute atomic E-state index is 0.0154. The Bertz CT molecular complexity index is 549. The fourth-order valence-corrected chi connectivity index (χ4v) is 1.12. The van der Waals surface area contributed by atoms with Crippen molar-refractivity contribution in [3.63, 3.8) is 0 Å². The second-order valence-electron chi connectivity index (χ2n) is 3.26. The summed E-state index contributed by atoms with van der Waals surface area (Å²) in [4.78, 5) is 16.4. The molecule has 2 heterocycles. The van der Waals surface area contributed by atoms with Gasteiger partial charge in [0, 0.05) is 18.0 Å². The smallest absolute Gasteiger partial charge is 0.263 e. The molecule has 0 aliphatic carbocycles. The lowest BCUT2D eigenvalue weighted by Crippen LogP contribution is -2.24. The lowest BCUT2D eigenvalue weighted by Gasteiger charge is -1.97. The first-order valence-electron chi connectivity index (χ1n) is 4.99. The summed E-state index contributed by atoms with van der Waals surface area (Å²) in [6.07, 6.45) is 4.75. The highest BCUT2D eigenvalue weighted by Crippen LogP contribution is 1.89. The van der Waals surface area contributed by atoms with Crippen LogP contribution in [0.1, 0.15) is 5.56 Å². The van der Waals surface area contributed by atoms with Crippen LogP contribution in [-0.2, 0) is 11.3 Å². The van der Waals surface area contributed by atoms with Gasteiger partial charge in [0.25, 0.3) is 11.9 Å². The molecule has 92 valence electrons. The maximum atomic E-state index is 11.4. The molecule has 9 nitrogen and oxygen atoms in total. The average molecular weight is 246 g/mol. The zero-order chi connectivity index (χ0) is 12.8. The van der Waals surface area contributed by atoms with Gasteiger partial charge in [-0.05, 0) is 11.3 Å². The Balaban J connectivity index is 1.83. The Morgan fingerprint density at radius 1 is 1.61 bits per heavy atom. The number of tetrazole rings is 1. The van der Waals surface area contributed by atoms with Crippen LogP contribution in [-0.4, -0.2) is 37.3 Å². The zero-order valence-corrected chi connectivity index (χ0v) is 9.26. The molecule has 0 fully saturated rings. The van der Waals surface area contributed by atoms with E-state index in [1.54, 1.807) is 18.5 Å². The van der Waals surface area contributed by atoms with E-state index in [1.807, 2.05) is 6.07 Å². The normalized spacial score (nSPS) is 10.7. The van der Waals surface area contributed by atoms with Crippen molar-refractivity contribution >= 4 is 18.1 Å². The maximum absolute atomic E-state index is 11.4. The number of pyridine rings is 1. The van der Waals surface area contributed by atoms with E-state index in [2.05, 4.69) is 30.9 Å². The molecule has 0 radical (unpaired) electrons. The highest BCUT2D eigenvalue weighted by Gasteiger charge is 2.04. The summed E-state index contributed by atoms with van der Waals surface area (Å²) in [5.41, 5.74) is 8.36. The van der Waals surface area contributed by atoms with Crippen LogP contribution in [0, 0.1) is 0 Å².